The van der Waals surface area contributed by atoms with Crippen LogP contribution in [0.15, 0.2) is 42.5 Å². The maximum Gasteiger partial charge on any atom is 0.413 e. The third kappa shape index (κ3) is 3.62. The summed E-state index contributed by atoms with van der Waals surface area (Å²) in [6, 6.07) is 14.0. The Bertz CT molecular complexity index is 679. The number of fused-ring (bicyclic) bond motifs is 1. The van der Waals surface area contributed by atoms with E-state index in [1.807, 2.05) is 30.4 Å². The number of amides is 2. The molecule has 5 nitrogen and oxygen atoms in total. The molecule has 2 amide bonds. The minimum absolute atomic E-state index is 0.0875. The van der Waals surface area contributed by atoms with Crippen molar-refractivity contribution in [1.82, 2.24) is 5.32 Å². The molecule has 0 aliphatic carbocycles. The molecule has 3 N–H and O–H groups in total. The lowest BCUT2D eigenvalue weighted by Crippen LogP contribution is -2.92. The van der Waals surface area contributed by atoms with Crippen molar-refractivity contribution in [2.45, 2.75) is 25.9 Å². The van der Waals surface area contributed by atoms with Gasteiger partial charge in [-0.2, -0.15) is 0 Å². The van der Waals surface area contributed by atoms with E-state index in [9.17, 15) is 9.59 Å². The van der Waals surface area contributed by atoms with Crippen molar-refractivity contribution in [2.24, 2.45) is 0 Å². The first kappa shape index (κ1) is 16.0. The van der Waals surface area contributed by atoms with Crippen molar-refractivity contribution in [1.29, 1.82) is 0 Å². The quantitative estimate of drug-likeness (QED) is 0.903. The van der Waals surface area contributed by atoms with Crippen molar-refractivity contribution in [3.8, 4) is 0 Å². The molecule has 0 fully saturated rings. The molecular weight excluding hydrogens is 280 g/mol. The summed E-state index contributed by atoms with van der Waals surface area (Å²) in [6.45, 7) is 3.81. The molecular formula is C17H21N2O3+. The molecule has 5 heteroatoms. The SMILES string of the molecule is COC(=O)NC(=O)[C@@H](C)[NH2+][C@H](C)c1cccc2ccccc12. The van der Waals surface area contributed by atoms with E-state index < -0.39 is 12.1 Å². The molecule has 0 saturated heterocycles. The van der Waals surface area contributed by atoms with E-state index in [1.165, 1.54) is 17.9 Å². The molecule has 0 aliphatic rings. The van der Waals surface area contributed by atoms with Crippen LogP contribution in [0, 0.1) is 0 Å². The first-order valence-electron chi connectivity index (χ1n) is 7.24. The van der Waals surface area contributed by atoms with Crippen molar-refractivity contribution in [3.05, 3.63) is 48.0 Å². The molecule has 0 bridgehead atoms. The predicted molar refractivity (Wildman–Crippen MR) is 84.3 cm³/mol. The highest BCUT2D eigenvalue weighted by Crippen LogP contribution is 2.22. The number of hydrogen-bond acceptors (Lipinski definition) is 3. The topological polar surface area (TPSA) is 72.0 Å². The smallest absolute Gasteiger partial charge is 0.413 e. The van der Waals surface area contributed by atoms with Gasteiger partial charge in [-0.1, -0.05) is 42.5 Å². The Balaban J connectivity index is 2.12. The van der Waals surface area contributed by atoms with Crippen molar-refractivity contribution in [3.63, 3.8) is 0 Å². The van der Waals surface area contributed by atoms with Gasteiger partial charge in [0.05, 0.1) is 7.11 Å². The molecule has 0 saturated carbocycles. The number of benzene rings is 2. The number of rotatable bonds is 4. The van der Waals surface area contributed by atoms with Gasteiger partial charge in [0.15, 0.2) is 6.04 Å². The van der Waals surface area contributed by atoms with E-state index in [0.717, 1.165) is 5.56 Å². The molecule has 22 heavy (non-hydrogen) atoms. The number of carbonyl (C=O) groups excluding carboxylic acids is 2. The largest absolute Gasteiger partial charge is 0.453 e. The first-order chi connectivity index (χ1) is 10.5. The monoisotopic (exact) mass is 301 g/mol. The molecule has 0 spiro atoms. The molecule has 2 atom stereocenters. The summed E-state index contributed by atoms with van der Waals surface area (Å²) in [5.74, 6) is -0.362. The molecule has 2 aromatic carbocycles. The molecule has 0 unspecified atom stereocenters. The Kier molecular flexibility index (Phi) is 5.12. The van der Waals surface area contributed by atoms with Crippen molar-refractivity contribution in [2.75, 3.05) is 7.11 Å². The number of methoxy groups -OCH3 is 1. The normalized spacial score (nSPS) is 13.4. The van der Waals surface area contributed by atoms with Crippen LogP contribution in [0.5, 0.6) is 0 Å². The number of nitrogens with two attached hydrogens (primary N) is 1. The Hall–Kier alpha value is -2.40. The summed E-state index contributed by atoms with van der Waals surface area (Å²) in [6.07, 6.45) is -0.733. The highest BCUT2D eigenvalue weighted by molar-refractivity contribution is 5.93. The van der Waals surface area contributed by atoms with Gasteiger partial charge in [0.2, 0.25) is 0 Å². The van der Waals surface area contributed by atoms with Gasteiger partial charge >= 0.3 is 6.09 Å². The fourth-order valence-corrected chi connectivity index (χ4v) is 2.54. The van der Waals surface area contributed by atoms with Crippen molar-refractivity contribution < 1.29 is 19.6 Å². The van der Waals surface area contributed by atoms with Gasteiger partial charge in [-0.3, -0.25) is 10.1 Å². The lowest BCUT2D eigenvalue weighted by molar-refractivity contribution is -0.710. The van der Waals surface area contributed by atoms with Crippen LogP contribution in [0.25, 0.3) is 10.8 Å². The fraction of sp³-hybridized carbons (Fsp3) is 0.294. The fourth-order valence-electron chi connectivity index (χ4n) is 2.54. The number of carbonyl (C=O) groups is 2. The summed E-state index contributed by atoms with van der Waals surface area (Å²) >= 11 is 0. The van der Waals surface area contributed by atoms with Gasteiger partial charge in [-0.05, 0) is 24.6 Å². The summed E-state index contributed by atoms with van der Waals surface area (Å²) in [7, 11) is 1.23. The summed E-state index contributed by atoms with van der Waals surface area (Å²) in [5.41, 5.74) is 1.16. The van der Waals surface area contributed by atoms with Crippen LogP contribution in [0.2, 0.25) is 0 Å². The van der Waals surface area contributed by atoms with Crippen LogP contribution in [-0.2, 0) is 9.53 Å². The average molecular weight is 301 g/mol. The van der Waals surface area contributed by atoms with Gasteiger partial charge in [0.25, 0.3) is 5.91 Å². The van der Waals surface area contributed by atoms with Gasteiger partial charge in [-0.25, -0.2) is 4.79 Å². The van der Waals surface area contributed by atoms with Crippen LogP contribution < -0.4 is 10.6 Å². The second kappa shape index (κ2) is 7.04. The Morgan fingerprint density at radius 3 is 2.50 bits per heavy atom. The number of imide groups is 1. The van der Waals surface area contributed by atoms with Crippen LogP contribution in [0.3, 0.4) is 0 Å². The first-order valence-corrected chi connectivity index (χ1v) is 7.24. The maximum absolute atomic E-state index is 11.9. The number of hydrogen-bond donors (Lipinski definition) is 2. The molecule has 2 aromatic rings. The lowest BCUT2D eigenvalue weighted by atomic mass is 9.99. The van der Waals surface area contributed by atoms with E-state index in [4.69, 9.17) is 0 Å². The molecule has 2 rings (SSSR count). The average Bonchev–Trinajstić information content (AvgIpc) is 2.53. The van der Waals surface area contributed by atoms with Gasteiger partial charge in [0, 0.05) is 5.56 Å². The zero-order chi connectivity index (χ0) is 16.1. The van der Waals surface area contributed by atoms with E-state index >= 15 is 0 Å². The van der Waals surface area contributed by atoms with Gasteiger partial charge in [-0.15, -0.1) is 0 Å². The van der Waals surface area contributed by atoms with Crippen LogP contribution in [-0.4, -0.2) is 25.2 Å². The number of ether oxygens (including phenoxy) is 1. The van der Waals surface area contributed by atoms with E-state index in [0.29, 0.717) is 0 Å². The zero-order valence-electron chi connectivity index (χ0n) is 13.0. The lowest BCUT2D eigenvalue weighted by Gasteiger charge is -2.17. The third-order valence-corrected chi connectivity index (χ3v) is 3.72. The van der Waals surface area contributed by atoms with Crippen LogP contribution in [0.4, 0.5) is 4.79 Å². The molecule has 0 heterocycles. The molecule has 0 radical (unpaired) electrons. The van der Waals surface area contributed by atoms with Crippen LogP contribution >= 0.6 is 0 Å². The second-order valence-corrected chi connectivity index (χ2v) is 5.32. The Morgan fingerprint density at radius 2 is 1.77 bits per heavy atom. The number of quaternary nitrogens is 1. The molecule has 0 aliphatic heterocycles. The van der Waals surface area contributed by atoms with E-state index in [1.54, 1.807) is 6.92 Å². The minimum atomic E-state index is -0.733. The highest BCUT2D eigenvalue weighted by Gasteiger charge is 2.23. The standard InChI is InChI=1S/C17H20N2O3/c1-11(18-12(2)16(20)19-17(21)22-3)14-10-6-8-13-7-4-5-9-15(13)14/h4-12,18H,1-3H3,(H,19,20,21)/p+1/t11-,12-/m1/s1. The van der Waals surface area contributed by atoms with Gasteiger partial charge < -0.3 is 10.1 Å². The second-order valence-electron chi connectivity index (χ2n) is 5.32. The Morgan fingerprint density at radius 1 is 1.09 bits per heavy atom. The molecule has 116 valence electrons. The van der Waals surface area contributed by atoms with Gasteiger partial charge in [0.1, 0.15) is 6.04 Å². The summed E-state index contributed by atoms with van der Waals surface area (Å²) in [5, 5.41) is 6.47. The zero-order valence-corrected chi connectivity index (χ0v) is 13.0. The summed E-state index contributed by atoms with van der Waals surface area (Å²) < 4.78 is 4.43. The van der Waals surface area contributed by atoms with Crippen molar-refractivity contribution >= 4 is 22.8 Å². The minimum Gasteiger partial charge on any atom is -0.453 e. The number of nitrogens with one attached hydrogen (secondary N) is 1. The van der Waals surface area contributed by atoms with E-state index in [2.05, 4.69) is 34.3 Å². The summed E-state index contributed by atoms with van der Waals surface area (Å²) in [4.78, 5) is 23.0. The Labute approximate surface area is 129 Å². The highest BCUT2D eigenvalue weighted by atomic mass is 16.5. The third-order valence-electron chi connectivity index (χ3n) is 3.72. The van der Waals surface area contributed by atoms with E-state index in [-0.39, 0.29) is 11.9 Å². The number of alkyl carbamates (subject to hydrolysis) is 1. The maximum atomic E-state index is 11.9. The van der Waals surface area contributed by atoms with Crippen LogP contribution in [0.1, 0.15) is 25.5 Å². The predicted octanol–water partition coefficient (Wildman–Crippen LogP) is 1.74. The molecule has 0 aromatic heterocycles.